The molecular weight excluding hydrogens is 633 g/mol. The van der Waals surface area contributed by atoms with Gasteiger partial charge in [0.25, 0.3) is 0 Å². The van der Waals surface area contributed by atoms with Crippen LogP contribution in [0.3, 0.4) is 0 Å². The summed E-state index contributed by atoms with van der Waals surface area (Å²) in [6.45, 7) is 7.19. The van der Waals surface area contributed by atoms with Gasteiger partial charge in [0.15, 0.2) is 0 Å². The second-order valence-corrected chi connectivity index (χ2v) is 12.9. The minimum atomic E-state index is 0.578. The number of hydrogen-bond acceptors (Lipinski definition) is 6. The molecule has 0 N–H and O–H groups in total. The molecule has 272 valence electrons. The van der Waals surface area contributed by atoms with Crippen molar-refractivity contribution in [1.29, 1.82) is 0 Å². The number of hydrogen-bond donors (Lipinski definition) is 0. The molecule has 0 atom stereocenters. The van der Waals surface area contributed by atoms with E-state index in [-0.39, 0.29) is 0 Å². The normalized spacial score (nSPS) is 11.3. The second kappa shape index (κ2) is 24.5. The Bertz CT molecular complexity index is 1400. The number of rotatable bonds is 26. The van der Waals surface area contributed by atoms with E-state index in [9.17, 15) is 0 Å². The Balaban J connectivity index is 1.06. The molecule has 4 aromatic carbocycles. The number of benzene rings is 4. The summed E-state index contributed by atoms with van der Waals surface area (Å²) in [5, 5.41) is 0. The maximum absolute atomic E-state index is 5.92. The van der Waals surface area contributed by atoms with Crippen LogP contribution in [-0.2, 0) is 0 Å². The topological polar surface area (TPSA) is 61.6 Å². The van der Waals surface area contributed by atoms with Gasteiger partial charge in [0.1, 0.15) is 23.0 Å². The van der Waals surface area contributed by atoms with Crippen LogP contribution in [-0.4, -0.2) is 38.9 Å². The maximum atomic E-state index is 5.92. The summed E-state index contributed by atoms with van der Waals surface area (Å²) in [6, 6.07) is 31.9. The molecule has 4 rings (SSSR count). The lowest BCUT2D eigenvalue weighted by molar-refractivity contribution is 0.247. The van der Waals surface area contributed by atoms with E-state index in [4.69, 9.17) is 18.9 Å². The molecule has 0 amide bonds. The molecule has 0 bridgehead atoms. The summed E-state index contributed by atoms with van der Waals surface area (Å²) in [5.74, 6) is 3.46. The third kappa shape index (κ3) is 16.8. The van der Waals surface area contributed by atoms with Gasteiger partial charge in [-0.2, -0.15) is 0 Å². The maximum Gasteiger partial charge on any atom is 0.119 e. The highest BCUT2D eigenvalue weighted by Gasteiger charge is 2.00. The lowest BCUT2D eigenvalue weighted by Crippen LogP contribution is -2.05. The molecule has 6 nitrogen and oxygen atoms in total. The van der Waals surface area contributed by atoms with E-state index < -0.39 is 0 Å². The summed E-state index contributed by atoms with van der Waals surface area (Å²) in [5.41, 5.74) is 3.83. The quantitative estimate of drug-likeness (QED) is 0.0486. The Morgan fingerprint density at radius 1 is 0.353 bits per heavy atom. The summed E-state index contributed by atoms with van der Waals surface area (Å²) in [4.78, 5) is 9.20. The van der Waals surface area contributed by atoms with Gasteiger partial charge in [0.05, 0.1) is 37.8 Å². The molecule has 0 aliphatic carbocycles. The average molecular weight is 691 g/mol. The largest absolute Gasteiger partial charge is 0.494 e. The highest BCUT2D eigenvalue weighted by atomic mass is 16.5. The fourth-order valence-corrected chi connectivity index (χ4v) is 5.44. The van der Waals surface area contributed by atoms with E-state index >= 15 is 0 Å². The van der Waals surface area contributed by atoms with Crippen molar-refractivity contribution in [3.63, 3.8) is 0 Å². The second-order valence-electron chi connectivity index (χ2n) is 12.9. The van der Waals surface area contributed by atoms with E-state index in [1.54, 1.807) is 0 Å². The molecule has 6 heteroatoms. The molecule has 0 saturated heterocycles. The number of aliphatic imine (C=N–C) groups is 2. The minimum absolute atomic E-state index is 0.578. The first-order chi connectivity index (χ1) is 25.2. The van der Waals surface area contributed by atoms with Crippen molar-refractivity contribution in [3.05, 3.63) is 108 Å². The molecule has 0 saturated carbocycles. The van der Waals surface area contributed by atoms with Crippen LogP contribution >= 0.6 is 0 Å². The lowest BCUT2D eigenvalue weighted by Gasteiger charge is -2.08. The number of unbranched alkanes of at least 4 members (excludes halogenated alkanes) is 10. The molecule has 0 aliphatic heterocycles. The molecule has 0 heterocycles. The zero-order chi connectivity index (χ0) is 35.6. The molecule has 0 unspecified atom stereocenters. The molecule has 0 aromatic heterocycles. The minimum Gasteiger partial charge on any atom is -0.494 e. The van der Waals surface area contributed by atoms with Crippen LogP contribution in [0.1, 0.15) is 108 Å². The molecule has 0 radical (unpaired) electrons. The van der Waals surface area contributed by atoms with Crippen molar-refractivity contribution < 1.29 is 18.9 Å². The van der Waals surface area contributed by atoms with Gasteiger partial charge in [0.2, 0.25) is 0 Å². The van der Waals surface area contributed by atoms with Crippen molar-refractivity contribution in [2.45, 2.75) is 97.3 Å². The Morgan fingerprint density at radius 3 is 1.00 bits per heavy atom. The van der Waals surface area contributed by atoms with Crippen molar-refractivity contribution >= 4 is 23.8 Å². The van der Waals surface area contributed by atoms with Gasteiger partial charge in [-0.25, -0.2) is 0 Å². The zero-order valence-electron chi connectivity index (χ0n) is 30.9. The third-order valence-electron chi connectivity index (χ3n) is 8.52. The molecule has 4 aromatic rings. The van der Waals surface area contributed by atoms with Crippen molar-refractivity contribution in [2.24, 2.45) is 9.98 Å². The fourth-order valence-electron chi connectivity index (χ4n) is 5.44. The predicted octanol–water partition coefficient (Wildman–Crippen LogP) is 12.5. The summed E-state index contributed by atoms with van der Waals surface area (Å²) in [6.07, 6.45) is 19.7. The SMILES string of the molecule is CCCCCCCCOc1ccc(N=Cc2ccc(OCCCOc3ccc(C=Nc4ccc(OCCCCCCCC)cc4)cc3)cc2)cc1. The van der Waals surface area contributed by atoms with Gasteiger partial charge >= 0.3 is 0 Å². The monoisotopic (exact) mass is 690 g/mol. The van der Waals surface area contributed by atoms with E-state index in [0.717, 1.165) is 78.0 Å². The van der Waals surface area contributed by atoms with Gasteiger partial charge in [0, 0.05) is 18.9 Å². The summed E-state index contributed by atoms with van der Waals surface area (Å²) >= 11 is 0. The predicted molar refractivity (Wildman–Crippen MR) is 214 cm³/mol. The Labute approximate surface area is 307 Å². The van der Waals surface area contributed by atoms with Gasteiger partial charge in [-0.05, 0) is 121 Å². The highest BCUT2D eigenvalue weighted by molar-refractivity contribution is 5.82. The first-order valence-corrected chi connectivity index (χ1v) is 19.2. The smallest absolute Gasteiger partial charge is 0.119 e. The molecule has 51 heavy (non-hydrogen) atoms. The van der Waals surface area contributed by atoms with Crippen LogP contribution in [0.2, 0.25) is 0 Å². The van der Waals surface area contributed by atoms with Gasteiger partial charge < -0.3 is 18.9 Å². The Morgan fingerprint density at radius 2 is 0.647 bits per heavy atom. The molecule has 0 spiro atoms. The molecule has 0 aliphatic rings. The van der Waals surface area contributed by atoms with Crippen LogP contribution in [0.15, 0.2) is 107 Å². The van der Waals surface area contributed by atoms with Crippen LogP contribution < -0.4 is 18.9 Å². The van der Waals surface area contributed by atoms with E-state index in [2.05, 4.69) is 23.8 Å². The number of ether oxygens (including phenoxy) is 4. The summed E-state index contributed by atoms with van der Waals surface area (Å²) in [7, 11) is 0. The van der Waals surface area contributed by atoms with Crippen LogP contribution in [0.5, 0.6) is 23.0 Å². The van der Waals surface area contributed by atoms with E-state index in [1.165, 1.54) is 64.2 Å². The van der Waals surface area contributed by atoms with Gasteiger partial charge in [-0.1, -0.05) is 78.1 Å². The van der Waals surface area contributed by atoms with E-state index in [0.29, 0.717) is 13.2 Å². The van der Waals surface area contributed by atoms with Crippen molar-refractivity contribution in [3.8, 4) is 23.0 Å². The van der Waals surface area contributed by atoms with E-state index in [1.807, 2.05) is 109 Å². The van der Waals surface area contributed by atoms with Gasteiger partial charge in [-0.3, -0.25) is 9.98 Å². The molecule has 0 fully saturated rings. The van der Waals surface area contributed by atoms with Crippen LogP contribution in [0.25, 0.3) is 0 Å². The zero-order valence-corrected chi connectivity index (χ0v) is 30.9. The Kier molecular flexibility index (Phi) is 18.9. The first kappa shape index (κ1) is 39.2. The Hall–Kier alpha value is -4.58. The summed E-state index contributed by atoms with van der Waals surface area (Å²) < 4.78 is 23.6. The highest BCUT2D eigenvalue weighted by Crippen LogP contribution is 2.21. The third-order valence-corrected chi connectivity index (χ3v) is 8.52. The molecular formula is C45H58N2O4. The van der Waals surface area contributed by atoms with Crippen molar-refractivity contribution in [1.82, 2.24) is 0 Å². The van der Waals surface area contributed by atoms with Crippen LogP contribution in [0, 0.1) is 0 Å². The van der Waals surface area contributed by atoms with Crippen LogP contribution in [0.4, 0.5) is 11.4 Å². The van der Waals surface area contributed by atoms with Crippen molar-refractivity contribution in [2.75, 3.05) is 26.4 Å². The lowest BCUT2D eigenvalue weighted by atomic mass is 10.1. The van der Waals surface area contributed by atoms with Gasteiger partial charge in [-0.15, -0.1) is 0 Å². The standard InChI is InChI=1S/C45H58N2O4/c1-3-5-7-9-11-13-32-48-44-28-20-40(21-29-44)46-36-38-16-24-42(25-17-38)50-34-15-35-51-43-26-18-39(19-27-43)37-47-41-22-30-45(31-23-41)49-33-14-12-10-8-6-4-2/h16-31,36-37H,3-15,32-35H2,1-2H3. The average Bonchev–Trinajstić information content (AvgIpc) is 3.17. The fraction of sp³-hybridized carbons (Fsp3) is 0.422. The first-order valence-electron chi connectivity index (χ1n) is 19.2. The number of nitrogens with zero attached hydrogens (tertiary/aromatic N) is 2.